The summed E-state index contributed by atoms with van der Waals surface area (Å²) < 4.78 is 16.4. The van der Waals surface area contributed by atoms with Gasteiger partial charge in [0.2, 0.25) is 5.91 Å². The second-order valence-electron chi connectivity index (χ2n) is 6.54. The number of ether oxygens (including phenoxy) is 3. The number of morpholine rings is 1. The number of hydrogen-bond donors (Lipinski definition) is 1. The van der Waals surface area contributed by atoms with Gasteiger partial charge in [0.15, 0.2) is 0 Å². The summed E-state index contributed by atoms with van der Waals surface area (Å²) in [4.78, 5) is 14.7. The maximum atomic E-state index is 12.9. The predicted molar refractivity (Wildman–Crippen MR) is 78.9 cm³/mol. The molecule has 0 spiro atoms. The van der Waals surface area contributed by atoms with E-state index in [-0.39, 0.29) is 23.5 Å². The smallest absolute Gasteiger partial charge is 0.243 e. The Morgan fingerprint density at radius 3 is 2.76 bits per heavy atom. The van der Waals surface area contributed by atoms with Crippen molar-refractivity contribution in [3.05, 3.63) is 0 Å². The highest BCUT2D eigenvalue weighted by molar-refractivity contribution is 5.89. The molecule has 0 aromatic rings. The Bertz CT molecular complexity index is 386. The van der Waals surface area contributed by atoms with Crippen LogP contribution in [-0.2, 0) is 19.0 Å². The van der Waals surface area contributed by atoms with Crippen molar-refractivity contribution in [2.45, 2.75) is 44.9 Å². The molecule has 3 atom stereocenters. The summed E-state index contributed by atoms with van der Waals surface area (Å²) in [6.07, 6.45) is 0.563. The maximum Gasteiger partial charge on any atom is 0.243 e. The Balaban J connectivity index is 2.02. The predicted octanol–water partition coefficient (Wildman–Crippen LogP) is 0.393. The van der Waals surface area contributed by atoms with E-state index in [1.54, 1.807) is 7.11 Å². The Labute approximate surface area is 126 Å². The number of methoxy groups -OCH3 is 1. The minimum absolute atomic E-state index is 0.00727. The number of rotatable bonds is 5. The molecule has 1 heterocycles. The van der Waals surface area contributed by atoms with Gasteiger partial charge < -0.3 is 24.8 Å². The van der Waals surface area contributed by atoms with Gasteiger partial charge in [-0.1, -0.05) is 13.8 Å². The second kappa shape index (κ2) is 6.20. The fourth-order valence-corrected chi connectivity index (χ4v) is 3.27. The van der Waals surface area contributed by atoms with Crippen LogP contribution in [0.2, 0.25) is 0 Å². The first-order valence-corrected chi connectivity index (χ1v) is 7.67. The molecule has 0 bridgehead atoms. The second-order valence-corrected chi connectivity index (χ2v) is 6.54. The SMILES string of the molecule is CCOC1CC(N)(C(=O)N2CCOC(COC)C2)C1(C)C. The lowest BCUT2D eigenvalue weighted by molar-refractivity contribution is -0.184. The van der Waals surface area contributed by atoms with E-state index in [2.05, 4.69) is 0 Å². The van der Waals surface area contributed by atoms with Gasteiger partial charge in [0.25, 0.3) is 0 Å². The first-order valence-electron chi connectivity index (χ1n) is 7.67. The van der Waals surface area contributed by atoms with E-state index in [4.69, 9.17) is 19.9 Å². The van der Waals surface area contributed by atoms with Crippen LogP contribution in [0.1, 0.15) is 27.2 Å². The summed E-state index contributed by atoms with van der Waals surface area (Å²) in [5.74, 6) is 0.00727. The quantitative estimate of drug-likeness (QED) is 0.795. The normalized spacial score (nSPS) is 35.4. The van der Waals surface area contributed by atoms with Crippen LogP contribution >= 0.6 is 0 Å². The molecular formula is C15H28N2O4. The van der Waals surface area contributed by atoms with Crippen LogP contribution in [0.5, 0.6) is 0 Å². The van der Waals surface area contributed by atoms with Crippen LogP contribution in [0.15, 0.2) is 0 Å². The van der Waals surface area contributed by atoms with Crippen molar-refractivity contribution in [3.63, 3.8) is 0 Å². The number of carbonyl (C=O) groups excluding carboxylic acids is 1. The standard InChI is InChI=1S/C15H28N2O4/c1-5-20-12-8-15(16,14(12,2)3)13(18)17-6-7-21-11(9-17)10-19-4/h11-12H,5-10,16H2,1-4H3. The molecule has 1 aliphatic heterocycles. The fraction of sp³-hybridized carbons (Fsp3) is 0.933. The first-order chi connectivity index (χ1) is 9.86. The third kappa shape index (κ3) is 2.82. The third-order valence-corrected chi connectivity index (χ3v) is 4.99. The van der Waals surface area contributed by atoms with Crippen LogP contribution in [0.4, 0.5) is 0 Å². The van der Waals surface area contributed by atoms with Crippen LogP contribution in [-0.4, -0.2) is 68.6 Å². The Morgan fingerprint density at radius 2 is 2.19 bits per heavy atom. The molecule has 1 saturated carbocycles. The summed E-state index contributed by atoms with van der Waals surface area (Å²) in [5.41, 5.74) is 5.25. The highest BCUT2D eigenvalue weighted by Gasteiger charge is 2.63. The van der Waals surface area contributed by atoms with Crippen molar-refractivity contribution in [3.8, 4) is 0 Å². The number of amides is 1. The highest BCUT2D eigenvalue weighted by Crippen LogP contribution is 2.50. The Hall–Kier alpha value is -0.690. The largest absolute Gasteiger partial charge is 0.382 e. The Morgan fingerprint density at radius 1 is 1.48 bits per heavy atom. The number of nitrogens with two attached hydrogens (primary N) is 1. The lowest BCUT2D eigenvalue weighted by Crippen LogP contribution is -2.76. The zero-order valence-corrected chi connectivity index (χ0v) is 13.6. The van der Waals surface area contributed by atoms with E-state index >= 15 is 0 Å². The molecule has 6 nitrogen and oxygen atoms in total. The molecular weight excluding hydrogens is 272 g/mol. The molecule has 0 aromatic heterocycles. The lowest BCUT2D eigenvalue weighted by atomic mass is 9.54. The fourth-order valence-electron chi connectivity index (χ4n) is 3.27. The monoisotopic (exact) mass is 300 g/mol. The van der Waals surface area contributed by atoms with E-state index in [1.165, 1.54) is 0 Å². The number of nitrogens with zero attached hydrogens (tertiary/aromatic N) is 1. The van der Waals surface area contributed by atoms with Crippen molar-refractivity contribution in [1.82, 2.24) is 4.90 Å². The van der Waals surface area contributed by atoms with E-state index in [0.29, 0.717) is 39.3 Å². The minimum atomic E-state index is -0.845. The summed E-state index contributed by atoms with van der Waals surface area (Å²) in [5, 5.41) is 0. The lowest BCUT2D eigenvalue weighted by Gasteiger charge is -2.59. The average Bonchev–Trinajstić information content (AvgIpc) is 2.46. The summed E-state index contributed by atoms with van der Waals surface area (Å²) in [6.45, 7) is 8.80. The van der Waals surface area contributed by atoms with Gasteiger partial charge in [-0.05, 0) is 6.92 Å². The van der Waals surface area contributed by atoms with Crippen molar-refractivity contribution in [2.75, 3.05) is 40.0 Å². The average molecular weight is 300 g/mol. The van der Waals surface area contributed by atoms with E-state index < -0.39 is 5.54 Å². The van der Waals surface area contributed by atoms with Gasteiger partial charge in [-0.25, -0.2) is 0 Å². The van der Waals surface area contributed by atoms with Crippen molar-refractivity contribution in [1.29, 1.82) is 0 Å². The molecule has 2 N–H and O–H groups in total. The number of carbonyl (C=O) groups is 1. The van der Waals surface area contributed by atoms with Gasteiger partial charge >= 0.3 is 0 Å². The van der Waals surface area contributed by atoms with E-state index in [1.807, 2.05) is 25.7 Å². The first kappa shape index (κ1) is 16.7. The van der Waals surface area contributed by atoms with Gasteiger partial charge in [0, 0.05) is 38.6 Å². The van der Waals surface area contributed by atoms with Crippen LogP contribution < -0.4 is 5.73 Å². The number of hydrogen-bond acceptors (Lipinski definition) is 5. The molecule has 2 rings (SSSR count). The van der Waals surface area contributed by atoms with Crippen LogP contribution in [0.3, 0.4) is 0 Å². The molecule has 0 aromatic carbocycles. The summed E-state index contributed by atoms with van der Waals surface area (Å²) >= 11 is 0. The molecule has 3 unspecified atom stereocenters. The summed E-state index contributed by atoms with van der Waals surface area (Å²) in [7, 11) is 1.64. The topological polar surface area (TPSA) is 74.0 Å². The van der Waals surface area contributed by atoms with Gasteiger partial charge in [-0.2, -0.15) is 0 Å². The molecule has 0 radical (unpaired) electrons. The van der Waals surface area contributed by atoms with Crippen molar-refractivity contribution in [2.24, 2.45) is 11.1 Å². The van der Waals surface area contributed by atoms with E-state index in [0.717, 1.165) is 0 Å². The molecule has 21 heavy (non-hydrogen) atoms. The van der Waals surface area contributed by atoms with E-state index in [9.17, 15) is 4.79 Å². The zero-order valence-electron chi connectivity index (χ0n) is 13.6. The summed E-state index contributed by atoms with van der Waals surface area (Å²) in [6, 6.07) is 0. The van der Waals surface area contributed by atoms with Gasteiger partial charge in [-0.15, -0.1) is 0 Å². The molecule has 1 aliphatic carbocycles. The van der Waals surface area contributed by atoms with Crippen molar-refractivity contribution >= 4 is 5.91 Å². The Kier molecular flexibility index (Phi) is 4.92. The molecule has 2 fully saturated rings. The highest BCUT2D eigenvalue weighted by atomic mass is 16.5. The molecule has 122 valence electrons. The van der Waals surface area contributed by atoms with Gasteiger partial charge in [0.05, 0.1) is 25.4 Å². The van der Waals surface area contributed by atoms with Crippen LogP contribution in [0.25, 0.3) is 0 Å². The third-order valence-electron chi connectivity index (χ3n) is 4.99. The zero-order chi connectivity index (χ0) is 15.7. The molecule has 6 heteroatoms. The molecule has 1 saturated heterocycles. The minimum Gasteiger partial charge on any atom is -0.382 e. The molecule has 2 aliphatic rings. The van der Waals surface area contributed by atoms with Crippen LogP contribution in [0, 0.1) is 5.41 Å². The maximum absolute atomic E-state index is 12.9. The molecule has 1 amide bonds. The van der Waals surface area contributed by atoms with Gasteiger partial charge in [0.1, 0.15) is 5.54 Å². The van der Waals surface area contributed by atoms with Crippen molar-refractivity contribution < 1.29 is 19.0 Å². The van der Waals surface area contributed by atoms with Gasteiger partial charge in [-0.3, -0.25) is 4.79 Å².